The fourth-order valence-corrected chi connectivity index (χ4v) is 5.70. The molecule has 1 aromatic carbocycles. The zero-order valence-electron chi connectivity index (χ0n) is 21.3. The highest BCUT2D eigenvalue weighted by Crippen LogP contribution is 2.37. The van der Waals surface area contributed by atoms with Crippen molar-refractivity contribution in [2.24, 2.45) is 0 Å². The van der Waals surface area contributed by atoms with Crippen molar-refractivity contribution in [3.8, 4) is 28.8 Å². The number of fused-ring (bicyclic) bond motifs is 1. The second-order valence-electron chi connectivity index (χ2n) is 8.77. The summed E-state index contributed by atoms with van der Waals surface area (Å²) in [5.41, 5.74) is 1.53. The zero-order chi connectivity index (χ0) is 27.0. The fourth-order valence-electron chi connectivity index (χ4n) is 4.35. The van der Waals surface area contributed by atoms with Gasteiger partial charge in [-0.05, 0) is 56.3 Å². The first-order chi connectivity index (χ1) is 18.2. The molecule has 11 nitrogen and oxygen atoms in total. The lowest BCUT2D eigenvalue weighted by Crippen LogP contribution is -2.29. The molecule has 0 amide bonds. The number of hydrogen-bond donors (Lipinski definition) is 1. The Hall–Kier alpha value is -4.16. The van der Waals surface area contributed by atoms with Crippen molar-refractivity contribution in [3.05, 3.63) is 78.1 Å². The van der Waals surface area contributed by atoms with E-state index in [2.05, 4.69) is 15.3 Å². The number of hydrogen-bond acceptors (Lipinski definition) is 9. The number of aliphatic hydroxyl groups excluding tert-OH is 1. The predicted molar refractivity (Wildman–Crippen MR) is 139 cm³/mol. The Balaban J connectivity index is 1.60. The molecule has 0 aliphatic heterocycles. The van der Waals surface area contributed by atoms with Gasteiger partial charge in [-0.25, -0.2) is 12.9 Å². The number of aryl methyl sites for hydroxylation is 1. The molecule has 0 aliphatic carbocycles. The van der Waals surface area contributed by atoms with Gasteiger partial charge < -0.3 is 19.0 Å². The summed E-state index contributed by atoms with van der Waals surface area (Å²) in [7, 11) is -0.964. The zero-order valence-corrected chi connectivity index (χ0v) is 22.1. The van der Waals surface area contributed by atoms with E-state index >= 15 is 0 Å². The van der Waals surface area contributed by atoms with Gasteiger partial charge in [-0.1, -0.05) is 12.1 Å². The van der Waals surface area contributed by atoms with Crippen molar-refractivity contribution in [1.29, 1.82) is 0 Å². The molecule has 0 saturated heterocycles. The van der Waals surface area contributed by atoms with Gasteiger partial charge in [0.15, 0.2) is 21.4 Å². The van der Waals surface area contributed by atoms with Gasteiger partial charge in [-0.2, -0.15) is 5.10 Å². The number of pyridine rings is 1. The van der Waals surface area contributed by atoms with E-state index in [0.29, 0.717) is 34.4 Å². The van der Waals surface area contributed by atoms with Crippen LogP contribution in [-0.4, -0.2) is 57.4 Å². The van der Waals surface area contributed by atoms with E-state index in [1.807, 2.05) is 6.07 Å². The summed E-state index contributed by atoms with van der Waals surface area (Å²) in [5, 5.41) is 22.7. The van der Waals surface area contributed by atoms with Crippen LogP contribution in [0.15, 0.2) is 65.2 Å². The van der Waals surface area contributed by atoms with Crippen LogP contribution in [0.2, 0.25) is 0 Å². The molecule has 4 aromatic heterocycles. The molecule has 198 valence electrons. The molecule has 0 spiro atoms. The molecule has 12 heteroatoms. The molecule has 5 rings (SSSR count). The third kappa shape index (κ3) is 4.41. The third-order valence-corrected chi connectivity index (χ3v) is 8.46. The lowest BCUT2D eigenvalue weighted by Gasteiger charge is -2.21. The van der Waals surface area contributed by atoms with Crippen LogP contribution in [0.4, 0.5) is 0 Å². The number of rotatable bonds is 9. The topological polar surface area (TPSA) is 134 Å². The second kappa shape index (κ2) is 9.95. The maximum Gasteiger partial charge on any atom is 0.204 e. The molecule has 0 unspecified atom stereocenters. The summed E-state index contributed by atoms with van der Waals surface area (Å²) in [6, 6.07) is 15.7. The second-order valence-corrected chi connectivity index (χ2v) is 11.1. The van der Waals surface area contributed by atoms with Crippen LogP contribution in [0.25, 0.3) is 22.8 Å². The minimum Gasteiger partial charge on any atom is -0.494 e. The van der Waals surface area contributed by atoms with Crippen molar-refractivity contribution < 1.29 is 27.4 Å². The minimum atomic E-state index is -3.97. The van der Waals surface area contributed by atoms with E-state index in [4.69, 9.17) is 13.9 Å². The quantitative estimate of drug-likeness (QED) is 0.300. The largest absolute Gasteiger partial charge is 0.494 e. The first-order valence-corrected chi connectivity index (χ1v) is 13.5. The Labute approximate surface area is 219 Å². The van der Waals surface area contributed by atoms with Crippen molar-refractivity contribution in [3.63, 3.8) is 0 Å². The fraction of sp³-hybridized carbons (Fsp3) is 0.269. The average Bonchev–Trinajstić information content (AvgIpc) is 3.66. The van der Waals surface area contributed by atoms with Crippen LogP contribution in [0.5, 0.6) is 11.5 Å². The lowest BCUT2D eigenvalue weighted by molar-refractivity contribution is 0.168. The number of sulfone groups is 1. The van der Waals surface area contributed by atoms with Gasteiger partial charge in [0.2, 0.25) is 5.82 Å². The van der Waals surface area contributed by atoms with Gasteiger partial charge in [0, 0.05) is 6.20 Å². The maximum atomic E-state index is 13.7. The summed E-state index contributed by atoms with van der Waals surface area (Å²) < 4.78 is 47.4. The van der Waals surface area contributed by atoms with E-state index in [9.17, 15) is 13.5 Å². The normalized spacial score (nSPS) is 13.5. The first-order valence-electron chi connectivity index (χ1n) is 11.8. The molecule has 0 aliphatic rings. The molecular formula is C26H27N5O6S. The molecule has 0 saturated carbocycles. The first kappa shape index (κ1) is 25.5. The van der Waals surface area contributed by atoms with Crippen LogP contribution >= 0.6 is 0 Å². The van der Waals surface area contributed by atoms with Crippen LogP contribution in [0.3, 0.4) is 0 Å². The number of furan rings is 1. The number of methoxy groups -OCH3 is 2. The standard InChI is InChI=1S/C26H27N5O6S/c1-16-11-12-22(37-16)26-29-28-23(30(26)24-20(35-3)9-6-10-21(24)36-4)15-38(33,34)17(2)25(32)19-8-5-7-18-13-14-27-31(18)19/h5-14,17,25,32H,15H2,1-4H3/t17-,25+/m1/s1. The van der Waals surface area contributed by atoms with Gasteiger partial charge >= 0.3 is 0 Å². The van der Waals surface area contributed by atoms with Gasteiger partial charge in [0.05, 0.1) is 30.7 Å². The van der Waals surface area contributed by atoms with E-state index in [1.165, 1.54) is 25.7 Å². The van der Waals surface area contributed by atoms with Crippen molar-refractivity contribution in [1.82, 2.24) is 24.4 Å². The number of ether oxygens (including phenoxy) is 2. The number of benzene rings is 1. The highest BCUT2D eigenvalue weighted by Gasteiger charge is 2.34. The van der Waals surface area contributed by atoms with Crippen LogP contribution in [0, 0.1) is 6.92 Å². The summed E-state index contributed by atoms with van der Waals surface area (Å²) in [4.78, 5) is 0. The van der Waals surface area contributed by atoms with Crippen LogP contribution < -0.4 is 9.47 Å². The van der Waals surface area contributed by atoms with E-state index < -0.39 is 26.9 Å². The maximum absolute atomic E-state index is 13.7. The van der Waals surface area contributed by atoms with Crippen molar-refractivity contribution in [2.45, 2.75) is 31.0 Å². The molecule has 0 fully saturated rings. The Morgan fingerprint density at radius 3 is 2.37 bits per heavy atom. The molecular weight excluding hydrogens is 510 g/mol. The SMILES string of the molecule is COc1cccc(OC)c1-n1c(CS(=O)(=O)[C@H](C)[C@H](O)c2cccc3ccnn23)nnc1-c1ccc(C)o1. The molecule has 4 heterocycles. The van der Waals surface area contributed by atoms with E-state index in [1.54, 1.807) is 66.2 Å². The monoisotopic (exact) mass is 537 g/mol. The number of nitrogens with zero attached hydrogens (tertiary/aromatic N) is 5. The van der Waals surface area contributed by atoms with Gasteiger partial charge in [0.1, 0.15) is 34.8 Å². The lowest BCUT2D eigenvalue weighted by atomic mass is 10.2. The summed E-state index contributed by atoms with van der Waals surface area (Å²) >= 11 is 0. The smallest absolute Gasteiger partial charge is 0.204 e. The molecule has 0 radical (unpaired) electrons. The Morgan fingerprint density at radius 1 is 1.00 bits per heavy atom. The molecule has 0 bridgehead atoms. The summed E-state index contributed by atoms with van der Waals surface area (Å²) in [6.07, 6.45) is 0.249. The number of aliphatic hydroxyl groups is 1. The van der Waals surface area contributed by atoms with Gasteiger partial charge in [-0.3, -0.25) is 4.57 Å². The van der Waals surface area contributed by atoms with Gasteiger partial charge in [0.25, 0.3) is 0 Å². The van der Waals surface area contributed by atoms with Crippen LogP contribution in [-0.2, 0) is 15.6 Å². The number of aromatic nitrogens is 5. The number of para-hydroxylation sites is 1. The minimum absolute atomic E-state index is 0.105. The van der Waals surface area contributed by atoms with E-state index in [0.717, 1.165) is 5.52 Å². The predicted octanol–water partition coefficient (Wildman–Crippen LogP) is 3.54. The summed E-state index contributed by atoms with van der Waals surface area (Å²) in [5.74, 6) is 1.75. The van der Waals surface area contributed by atoms with Crippen LogP contribution in [0.1, 0.15) is 30.3 Å². The highest BCUT2D eigenvalue weighted by atomic mass is 32.2. The molecule has 2 atom stereocenters. The third-order valence-electron chi connectivity index (χ3n) is 6.41. The molecule has 38 heavy (non-hydrogen) atoms. The Morgan fingerprint density at radius 2 is 1.71 bits per heavy atom. The Kier molecular flexibility index (Phi) is 6.67. The average molecular weight is 538 g/mol. The van der Waals surface area contributed by atoms with Crippen molar-refractivity contribution in [2.75, 3.05) is 14.2 Å². The Bertz CT molecular complexity index is 1680. The highest BCUT2D eigenvalue weighted by molar-refractivity contribution is 7.91. The van der Waals surface area contributed by atoms with Crippen molar-refractivity contribution >= 4 is 15.4 Å². The summed E-state index contributed by atoms with van der Waals surface area (Å²) in [6.45, 7) is 3.26. The molecule has 5 aromatic rings. The van der Waals surface area contributed by atoms with E-state index in [-0.39, 0.29) is 11.6 Å². The van der Waals surface area contributed by atoms with Gasteiger partial charge in [-0.15, -0.1) is 10.2 Å². The molecule has 1 N–H and O–H groups in total.